The fourth-order valence-corrected chi connectivity index (χ4v) is 2.30. The highest BCUT2D eigenvalue weighted by Crippen LogP contribution is 2.25. The Labute approximate surface area is 130 Å². The molecule has 0 aliphatic heterocycles. The number of nitrogens with one attached hydrogen (secondary N) is 1. The number of hydrogen-bond acceptors (Lipinski definition) is 4. The van der Waals surface area contributed by atoms with Crippen molar-refractivity contribution in [2.45, 2.75) is 32.6 Å². The number of nitro groups is 1. The van der Waals surface area contributed by atoms with E-state index in [9.17, 15) is 10.1 Å². The van der Waals surface area contributed by atoms with Crippen LogP contribution >= 0.6 is 0 Å². The Morgan fingerprint density at radius 1 is 1.23 bits per heavy atom. The first kappa shape index (κ1) is 15.9. The van der Waals surface area contributed by atoms with Crippen LogP contribution in [0.2, 0.25) is 0 Å². The topological polar surface area (TPSA) is 68.1 Å². The third-order valence-electron chi connectivity index (χ3n) is 3.49. The lowest BCUT2D eigenvalue weighted by Crippen LogP contribution is -2.03. The fourth-order valence-electron chi connectivity index (χ4n) is 2.30. The van der Waals surface area contributed by atoms with Crippen LogP contribution in [0.1, 0.15) is 37.4 Å². The molecule has 5 heteroatoms. The fraction of sp³-hybridized carbons (Fsp3) is 0.353. The lowest BCUT2D eigenvalue weighted by molar-refractivity contribution is -0.385. The van der Waals surface area contributed by atoms with Gasteiger partial charge in [0.25, 0.3) is 5.69 Å². The molecule has 1 aromatic heterocycles. The van der Waals surface area contributed by atoms with Crippen molar-refractivity contribution in [1.82, 2.24) is 4.98 Å². The maximum atomic E-state index is 11.3. The molecule has 0 spiro atoms. The molecule has 1 heterocycles. The molecule has 1 N–H and O–H groups in total. The Kier molecular flexibility index (Phi) is 5.89. The molecule has 0 saturated heterocycles. The maximum Gasteiger partial charge on any atom is 0.275 e. The van der Waals surface area contributed by atoms with Gasteiger partial charge in [0.15, 0.2) is 0 Å². The van der Waals surface area contributed by atoms with Crippen LogP contribution in [-0.2, 0) is 6.42 Å². The zero-order valence-electron chi connectivity index (χ0n) is 12.8. The van der Waals surface area contributed by atoms with Crippen molar-refractivity contribution < 1.29 is 4.92 Å². The Morgan fingerprint density at radius 2 is 2.09 bits per heavy atom. The van der Waals surface area contributed by atoms with Gasteiger partial charge in [-0.1, -0.05) is 25.8 Å². The van der Waals surface area contributed by atoms with Gasteiger partial charge in [-0.25, -0.2) is 0 Å². The summed E-state index contributed by atoms with van der Waals surface area (Å²) in [6, 6.07) is 10.9. The number of benzene rings is 1. The molecule has 1 aromatic carbocycles. The number of anilines is 1. The highest BCUT2D eigenvalue weighted by atomic mass is 16.6. The lowest BCUT2D eigenvalue weighted by atomic mass is 10.1. The van der Waals surface area contributed by atoms with E-state index in [2.05, 4.69) is 17.2 Å². The Balaban J connectivity index is 2.12. The Hall–Kier alpha value is -2.43. The van der Waals surface area contributed by atoms with E-state index >= 15 is 0 Å². The van der Waals surface area contributed by atoms with Gasteiger partial charge >= 0.3 is 0 Å². The number of nitro benzene ring substituents is 1. The number of aromatic nitrogens is 1. The summed E-state index contributed by atoms with van der Waals surface area (Å²) in [7, 11) is 0. The molecule has 0 unspecified atom stereocenters. The lowest BCUT2D eigenvalue weighted by Gasteiger charge is -2.08. The maximum absolute atomic E-state index is 11.3. The van der Waals surface area contributed by atoms with Crippen LogP contribution in [-0.4, -0.2) is 16.5 Å². The SMILES string of the molecule is CCCCCNc1ccc(Cc2ccccn2)c([N+](=O)[O-])c1. The molecule has 2 rings (SSSR count). The van der Waals surface area contributed by atoms with Gasteiger partial charge in [0.05, 0.1) is 4.92 Å². The van der Waals surface area contributed by atoms with Crippen molar-refractivity contribution >= 4 is 11.4 Å². The van der Waals surface area contributed by atoms with Crippen molar-refractivity contribution in [3.8, 4) is 0 Å². The minimum atomic E-state index is -0.324. The van der Waals surface area contributed by atoms with Crippen molar-refractivity contribution in [1.29, 1.82) is 0 Å². The van der Waals surface area contributed by atoms with Crippen LogP contribution in [0.25, 0.3) is 0 Å². The molecule has 0 radical (unpaired) electrons. The van der Waals surface area contributed by atoms with Crippen LogP contribution in [0.3, 0.4) is 0 Å². The van der Waals surface area contributed by atoms with Gasteiger partial charge in [0.1, 0.15) is 0 Å². The van der Waals surface area contributed by atoms with Gasteiger partial charge < -0.3 is 5.32 Å². The summed E-state index contributed by atoms with van der Waals surface area (Å²) < 4.78 is 0. The molecule has 0 saturated carbocycles. The molecule has 0 aliphatic rings. The van der Waals surface area contributed by atoms with Crippen molar-refractivity contribution in [3.63, 3.8) is 0 Å². The molecule has 0 amide bonds. The highest BCUT2D eigenvalue weighted by Gasteiger charge is 2.15. The molecular formula is C17H21N3O2. The van der Waals surface area contributed by atoms with Gasteiger partial charge in [0, 0.05) is 42.2 Å². The number of pyridine rings is 1. The summed E-state index contributed by atoms with van der Waals surface area (Å²) in [4.78, 5) is 15.2. The van der Waals surface area contributed by atoms with Crippen molar-refractivity contribution in [2.24, 2.45) is 0 Å². The van der Waals surface area contributed by atoms with Crippen LogP contribution in [0.4, 0.5) is 11.4 Å². The monoisotopic (exact) mass is 299 g/mol. The number of nitrogens with zero attached hydrogens (tertiary/aromatic N) is 2. The number of hydrogen-bond donors (Lipinski definition) is 1. The molecule has 0 bridgehead atoms. The van der Waals surface area contributed by atoms with Crippen LogP contribution in [0, 0.1) is 10.1 Å². The normalized spacial score (nSPS) is 10.4. The van der Waals surface area contributed by atoms with Gasteiger partial charge in [-0.15, -0.1) is 0 Å². The zero-order chi connectivity index (χ0) is 15.8. The Morgan fingerprint density at radius 3 is 2.77 bits per heavy atom. The third kappa shape index (κ3) is 4.55. The van der Waals surface area contributed by atoms with Crippen LogP contribution in [0.15, 0.2) is 42.6 Å². The number of unbranched alkanes of at least 4 members (excludes halogenated alkanes) is 2. The van der Waals surface area contributed by atoms with E-state index in [1.807, 2.05) is 30.3 Å². The van der Waals surface area contributed by atoms with E-state index in [1.54, 1.807) is 12.3 Å². The first-order valence-corrected chi connectivity index (χ1v) is 7.62. The summed E-state index contributed by atoms with van der Waals surface area (Å²) in [5.74, 6) is 0. The van der Waals surface area contributed by atoms with Gasteiger partial charge in [-0.2, -0.15) is 0 Å². The third-order valence-corrected chi connectivity index (χ3v) is 3.49. The van der Waals surface area contributed by atoms with E-state index < -0.39 is 0 Å². The van der Waals surface area contributed by atoms with E-state index in [0.717, 1.165) is 37.2 Å². The van der Waals surface area contributed by atoms with E-state index in [1.165, 1.54) is 0 Å². The molecule has 5 nitrogen and oxygen atoms in total. The Bertz CT molecular complexity index is 615. The quantitative estimate of drug-likeness (QED) is 0.451. The van der Waals surface area contributed by atoms with Crippen molar-refractivity contribution in [3.05, 3.63) is 64.0 Å². The second kappa shape index (κ2) is 8.12. The first-order valence-electron chi connectivity index (χ1n) is 7.62. The zero-order valence-corrected chi connectivity index (χ0v) is 12.8. The van der Waals surface area contributed by atoms with Gasteiger partial charge in [-0.05, 0) is 30.7 Å². The van der Waals surface area contributed by atoms with E-state index in [-0.39, 0.29) is 10.6 Å². The molecule has 2 aromatic rings. The van der Waals surface area contributed by atoms with Gasteiger partial charge in [-0.3, -0.25) is 15.1 Å². The molecule has 0 aliphatic carbocycles. The summed E-state index contributed by atoms with van der Waals surface area (Å²) in [6.07, 6.45) is 5.55. The summed E-state index contributed by atoms with van der Waals surface area (Å²) in [5, 5.41) is 14.5. The summed E-state index contributed by atoms with van der Waals surface area (Å²) in [5.41, 5.74) is 2.45. The predicted octanol–water partition coefficient (Wildman–Crippen LogP) is 4.18. The molecule has 0 fully saturated rings. The minimum absolute atomic E-state index is 0.145. The van der Waals surface area contributed by atoms with Gasteiger partial charge in [0.2, 0.25) is 0 Å². The largest absolute Gasteiger partial charge is 0.385 e. The number of rotatable bonds is 8. The predicted molar refractivity (Wildman–Crippen MR) is 88.2 cm³/mol. The summed E-state index contributed by atoms with van der Waals surface area (Å²) >= 11 is 0. The standard InChI is InChI=1S/C17H21N3O2/c1-2-3-5-10-19-16-9-8-14(17(13-16)20(21)22)12-15-7-4-6-11-18-15/h4,6-9,11,13,19H,2-3,5,10,12H2,1H3. The molecule has 22 heavy (non-hydrogen) atoms. The van der Waals surface area contributed by atoms with Crippen LogP contribution in [0.5, 0.6) is 0 Å². The second-order valence-electron chi connectivity index (χ2n) is 5.23. The molecule has 0 atom stereocenters. The average molecular weight is 299 g/mol. The average Bonchev–Trinajstić information content (AvgIpc) is 2.53. The second-order valence-corrected chi connectivity index (χ2v) is 5.23. The van der Waals surface area contributed by atoms with E-state index in [0.29, 0.717) is 12.0 Å². The van der Waals surface area contributed by atoms with E-state index in [4.69, 9.17) is 0 Å². The molecule has 116 valence electrons. The smallest absolute Gasteiger partial charge is 0.275 e. The molecular weight excluding hydrogens is 278 g/mol. The summed E-state index contributed by atoms with van der Waals surface area (Å²) in [6.45, 7) is 2.99. The van der Waals surface area contributed by atoms with Crippen LogP contribution < -0.4 is 5.32 Å². The van der Waals surface area contributed by atoms with Crippen molar-refractivity contribution in [2.75, 3.05) is 11.9 Å². The highest BCUT2D eigenvalue weighted by molar-refractivity contribution is 5.56. The first-order chi connectivity index (χ1) is 10.7. The minimum Gasteiger partial charge on any atom is -0.385 e.